The van der Waals surface area contributed by atoms with Gasteiger partial charge in [0.05, 0.1) is 5.60 Å². The standard InChI is InChI=1S/C14H18F2O/c1-9-5-6-14(17,8-10(9)2)12-7-11(15)3-4-13(12)16/h3-4,7,9-10,17H,5-6,8H2,1-2H3. The molecule has 0 heterocycles. The lowest BCUT2D eigenvalue weighted by molar-refractivity contribution is -0.0364. The zero-order chi connectivity index (χ0) is 12.6. The number of rotatable bonds is 1. The van der Waals surface area contributed by atoms with Gasteiger partial charge in [0.1, 0.15) is 11.6 Å². The maximum absolute atomic E-state index is 13.7. The molecule has 3 heteroatoms. The number of hydrogen-bond acceptors (Lipinski definition) is 1. The summed E-state index contributed by atoms with van der Waals surface area (Å²) in [5.41, 5.74) is -1.10. The van der Waals surface area contributed by atoms with Gasteiger partial charge in [-0.1, -0.05) is 13.8 Å². The van der Waals surface area contributed by atoms with Crippen LogP contribution < -0.4 is 0 Å². The van der Waals surface area contributed by atoms with Gasteiger partial charge < -0.3 is 5.11 Å². The maximum Gasteiger partial charge on any atom is 0.129 e. The summed E-state index contributed by atoms with van der Waals surface area (Å²) in [6.07, 6.45) is 1.83. The summed E-state index contributed by atoms with van der Waals surface area (Å²) in [5, 5.41) is 10.5. The molecule has 94 valence electrons. The third-order valence-corrected chi connectivity index (χ3v) is 4.07. The molecular formula is C14H18F2O. The van der Waals surface area contributed by atoms with Crippen molar-refractivity contribution < 1.29 is 13.9 Å². The van der Waals surface area contributed by atoms with Crippen LogP contribution in [0.15, 0.2) is 18.2 Å². The highest BCUT2D eigenvalue weighted by atomic mass is 19.1. The molecule has 0 spiro atoms. The highest BCUT2D eigenvalue weighted by Crippen LogP contribution is 2.43. The summed E-state index contributed by atoms with van der Waals surface area (Å²) < 4.78 is 26.9. The van der Waals surface area contributed by atoms with Gasteiger partial charge in [0.15, 0.2) is 0 Å². The fourth-order valence-electron chi connectivity index (χ4n) is 2.69. The third-order valence-electron chi connectivity index (χ3n) is 4.07. The SMILES string of the molecule is CC1CCC(O)(c2cc(F)ccc2F)CC1C. The van der Waals surface area contributed by atoms with Gasteiger partial charge in [-0.2, -0.15) is 0 Å². The van der Waals surface area contributed by atoms with Crippen molar-refractivity contribution in [2.45, 2.75) is 38.7 Å². The first-order valence-corrected chi connectivity index (χ1v) is 6.10. The molecule has 17 heavy (non-hydrogen) atoms. The fourth-order valence-corrected chi connectivity index (χ4v) is 2.69. The van der Waals surface area contributed by atoms with Gasteiger partial charge in [-0.05, 0) is 49.3 Å². The van der Waals surface area contributed by atoms with Gasteiger partial charge >= 0.3 is 0 Å². The quantitative estimate of drug-likeness (QED) is 0.795. The van der Waals surface area contributed by atoms with E-state index in [1.54, 1.807) is 0 Å². The van der Waals surface area contributed by atoms with E-state index in [0.29, 0.717) is 24.7 Å². The van der Waals surface area contributed by atoms with Gasteiger partial charge in [-0.3, -0.25) is 0 Å². The number of aliphatic hydroxyl groups is 1. The molecular weight excluding hydrogens is 222 g/mol. The Morgan fingerprint density at radius 3 is 2.59 bits per heavy atom. The van der Waals surface area contributed by atoms with Crippen molar-refractivity contribution in [1.82, 2.24) is 0 Å². The van der Waals surface area contributed by atoms with E-state index in [4.69, 9.17) is 0 Å². The second-order valence-electron chi connectivity index (χ2n) is 5.35. The van der Waals surface area contributed by atoms with Crippen LogP contribution in [0.5, 0.6) is 0 Å². The second-order valence-corrected chi connectivity index (χ2v) is 5.35. The topological polar surface area (TPSA) is 20.2 Å². The molecule has 1 aliphatic rings. The van der Waals surface area contributed by atoms with E-state index in [0.717, 1.165) is 24.6 Å². The molecule has 0 bridgehead atoms. The van der Waals surface area contributed by atoms with Crippen molar-refractivity contribution >= 4 is 0 Å². The van der Waals surface area contributed by atoms with Crippen LogP contribution in [0.2, 0.25) is 0 Å². The van der Waals surface area contributed by atoms with Crippen molar-refractivity contribution in [3.63, 3.8) is 0 Å². The molecule has 1 aliphatic carbocycles. The molecule has 0 radical (unpaired) electrons. The minimum Gasteiger partial charge on any atom is -0.385 e. The fraction of sp³-hybridized carbons (Fsp3) is 0.571. The minimum absolute atomic E-state index is 0.108. The molecule has 3 unspecified atom stereocenters. The van der Waals surface area contributed by atoms with Crippen molar-refractivity contribution in [3.05, 3.63) is 35.4 Å². The number of hydrogen-bond donors (Lipinski definition) is 1. The highest BCUT2D eigenvalue weighted by molar-refractivity contribution is 5.26. The summed E-state index contributed by atoms with van der Waals surface area (Å²) in [6, 6.07) is 3.29. The van der Waals surface area contributed by atoms with Crippen molar-refractivity contribution in [2.75, 3.05) is 0 Å². The molecule has 3 atom stereocenters. The molecule has 1 nitrogen and oxygen atoms in total. The van der Waals surface area contributed by atoms with Crippen LogP contribution in [0.3, 0.4) is 0 Å². The van der Waals surface area contributed by atoms with Crippen LogP contribution in [0.4, 0.5) is 8.78 Å². The zero-order valence-electron chi connectivity index (χ0n) is 10.2. The summed E-state index contributed by atoms with van der Waals surface area (Å²) in [7, 11) is 0. The smallest absolute Gasteiger partial charge is 0.129 e. The zero-order valence-corrected chi connectivity index (χ0v) is 10.2. The molecule has 1 aromatic rings. The van der Waals surface area contributed by atoms with Crippen LogP contribution in [0.1, 0.15) is 38.7 Å². The number of halogens is 2. The first kappa shape index (κ1) is 12.5. The summed E-state index contributed by atoms with van der Waals surface area (Å²) in [5.74, 6) is -0.180. The van der Waals surface area contributed by atoms with E-state index < -0.39 is 17.2 Å². The normalized spacial score (nSPS) is 33.7. The Labute approximate surface area is 100 Å². The Morgan fingerprint density at radius 2 is 1.94 bits per heavy atom. The average Bonchev–Trinajstić information content (AvgIpc) is 2.27. The van der Waals surface area contributed by atoms with Gasteiger partial charge in [0.25, 0.3) is 0 Å². The first-order chi connectivity index (χ1) is 7.92. The van der Waals surface area contributed by atoms with Gasteiger partial charge in [-0.15, -0.1) is 0 Å². The molecule has 0 amide bonds. The van der Waals surface area contributed by atoms with Gasteiger partial charge in [-0.25, -0.2) is 8.78 Å². The molecule has 0 saturated heterocycles. The molecule has 0 aromatic heterocycles. The van der Waals surface area contributed by atoms with Crippen LogP contribution >= 0.6 is 0 Å². The van der Waals surface area contributed by atoms with E-state index in [9.17, 15) is 13.9 Å². The Morgan fingerprint density at radius 1 is 1.24 bits per heavy atom. The highest BCUT2D eigenvalue weighted by Gasteiger charge is 2.39. The predicted molar refractivity (Wildman–Crippen MR) is 62.4 cm³/mol. The van der Waals surface area contributed by atoms with Gasteiger partial charge in [0, 0.05) is 5.56 Å². The van der Waals surface area contributed by atoms with Crippen molar-refractivity contribution in [3.8, 4) is 0 Å². The molecule has 0 aliphatic heterocycles. The Hall–Kier alpha value is -0.960. The molecule has 1 saturated carbocycles. The van der Waals surface area contributed by atoms with Gasteiger partial charge in [0.2, 0.25) is 0 Å². The molecule has 2 rings (SSSR count). The predicted octanol–water partition coefficient (Wildman–Crippen LogP) is 3.61. The Kier molecular flexibility index (Phi) is 3.21. The second kappa shape index (κ2) is 4.37. The Bertz CT molecular complexity index is 419. The number of benzene rings is 1. The largest absolute Gasteiger partial charge is 0.385 e. The average molecular weight is 240 g/mol. The van der Waals surface area contributed by atoms with E-state index in [1.165, 1.54) is 0 Å². The van der Waals surface area contributed by atoms with E-state index in [1.807, 2.05) is 6.92 Å². The van der Waals surface area contributed by atoms with E-state index in [2.05, 4.69) is 6.92 Å². The summed E-state index contributed by atoms with van der Waals surface area (Å²) in [4.78, 5) is 0. The third kappa shape index (κ3) is 2.34. The monoisotopic (exact) mass is 240 g/mol. The molecule has 1 fully saturated rings. The summed E-state index contributed by atoms with van der Waals surface area (Å²) in [6.45, 7) is 4.18. The molecule has 1 aromatic carbocycles. The van der Waals surface area contributed by atoms with Crippen LogP contribution in [0, 0.1) is 23.5 Å². The minimum atomic E-state index is -1.21. The van der Waals surface area contributed by atoms with E-state index >= 15 is 0 Å². The van der Waals surface area contributed by atoms with Crippen molar-refractivity contribution in [2.24, 2.45) is 11.8 Å². The Balaban J connectivity index is 2.35. The van der Waals surface area contributed by atoms with Crippen LogP contribution in [0.25, 0.3) is 0 Å². The lowest BCUT2D eigenvalue weighted by Gasteiger charge is -2.39. The first-order valence-electron chi connectivity index (χ1n) is 6.10. The maximum atomic E-state index is 13.7. The lowest BCUT2D eigenvalue weighted by atomic mass is 9.70. The van der Waals surface area contributed by atoms with Crippen LogP contribution in [-0.4, -0.2) is 5.11 Å². The summed E-state index contributed by atoms with van der Waals surface area (Å²) >= 11 is 0. The van der Waals surface area contributed by atoms with E-state index in [-0.39, 0.29) is 5.56 Å². The molecule has 1 N–H and O–H groups in total. The van der Waals surface area contributed by atoms with Crippen LogP contribution in [-0.2, 0) is 5.60 Å². The van der Waals surface area contributed by atoms with Crippen molar-refractivity contribution in [1.29, 1.82) is 0 Å². The lowest BCUT2D eigenvalue weighted by Crippen LogP contribution is -2.36.